The number of rotatable bonds is 5. The molecule has 3 rings (SSSR count). The second-order valence-corrected chi connectivity index (χ2v) is 6.74. The number of likely N-dealkylation sites (tertiary alicyclic amines) is 1. The smallest absolute Gasteiger partial charge is 0.123 e. The molecule has 0 radical (unpaired) electrons. The van der Waals surface area contributed by atoms with E-state index in [4.69, 9.17) is 0 Å². The van der Waals surface area contributed by atoms with Crippen molar-refractivity contribution in [2.45, 2.75) is 25.2 Å². The van der Waals surface area contributed by atoms with Gasteiger partial charge < -0.3 is 10.1 Å². The van der Waals surface area contributed by atoms with Gasteiger partial charge in [-0.25, -0.2) is 9.37 Å². The van der Waals surface area contributed by atoms with Crippen molar-refractivity contribution in [3.05, 3.63) is 52.2 Å². The molecule has 0 spiro atoms. The van der Waals surface area contributed by atoms with Gasteiger partial charge >= 0.3 is 0 Å². The van der Waals surface area contributed by atoms with Crippen molar-refractivity contribution in [2.24, 2.45) is 5.16 Å². The maximum atomic E-state index is 13.0. The molecule has 1 aromatic carbocycles. The summed E-state index contributed by atoms with van der Waals surface area (Å²) in [5.41, 5.74) is 1.36. The average Bonchev–Trinajstić information content (AvgIpc) is 3.12. The third-order valence-corrected chi connectivity index (χ3v) is 5.21. The van der Waals surface area contributed by atoms with Crippen molar-refractivity contribution in [1.82, 2.24) is 9.88 Å². The minimum Gasteiger partial charge on any atom is -0.411 e. The third kappa shape index (κ3) is 4.14. The summed E-state index contributed by atoms with van der Waals surface area (Å²) in [6, 6.07) is 6.08. The monoisotopic (exact) mass is 333 g/mol. The molecule has 1 aliphatic rings. The molecule has 0 bridgehead atoms. The number of benzene rings is 1. The summed E-state index contributed by atoms with van der Waals surface area (Å²) in [5.74, 6) is 0.220. The zero-order valence-electron chi connectivity index (χ0n) is 12.9. The number of thiazole rings is 1. The van der Waals surface area contributed by atoms with E-state index in [1.165, 1.54) is 23.6 Å². The normalized spacial score (nSPS) is 19.9. The summed E-state index contributed by atoms with van der Waals surface area (Å²) in [4.78, 5) is 6.83. The first-order chi connectivity index (χ1) is 11.3. The molecule has 1 fully saturated rings. The lowest BCUT2D eigenvalue weighted by atomic mass is 9.98. The van der Waals surface area contributed by atoms with Gasteiger partial charge in [0.2, 0.25) is 0 Å². The van der Waals surface area contributed by atoms with Gasteiger partial charge in [0, 0.05) is 37.0 Å². The molecule has 122 valence electrons. The van der Waals surface area contributed by atoms with Crippen molar-refractivity contribution in [1.29, 1.82) is 0 Å². The number of hydrogen-bond donors (Lipinski definition) is 1. The van der Waals surface area contributed by atoms with Crippen LogP contribution in [0.1, 0.15) is 35.8 Å². The Morgan fingerprint density at radius 2 is 2.22 bits per heavy atom. The Bertz CT molecular complexity index is 642. The minimum absolute atomic E-state index is 0.284. The number of aromatic nitrogens is 1. The molecule has 1 aliphatic heterocycles. The average molecular weight is 333 g/mol. The lowest BCUT2D eigenvalue weighted by Gasteiger charge is -2.31. The first-order valence-corrected chi connectivity index (χ1v) is 8.73. The maximum Gasteiger partial charge on any atom is 0.123 e. The summed E-state index contributed by atoms with van der Waals surface area (Å²) in [7, 11) is 0. The molecule has 1 atom stereocenters. The molecular weight excluding hydrogens is 313 g/mol. The fourth-order valence-electron chi connectivity index (χ4n) is 3.05. The van der Waals surface area contributed by atoms with Crippen LogP contribution in [0.4, 0.5) is 4.39 Å². The summed E-state index contributed by atoms with van der Waals surface area (Å²) >= 11 is 1.72. The Balaban J connectivity index is 1.57. The molecule has 0 saturated carbocycles. The molecule has 1 saturated heterocycles. The number of hydrogen-bond acceptors (Lipinski definition) is 5. The Hall–Kier alpha value is -1.79. The zero-order chi connectivity index (χ0) is 16.1. The molecule has 1 N–H and O–H groups in total. The van der Waals surface area contributed by atoms with Crippen LogP contribution in [0.25, 0.3) is 0 Å². The fourth-order valence-corrected chi connectivity index (χ4v) is 3.82. The largest absolute Gasteiger partial charge is 0.411 e. The number of halogens is 1. The molecule has 4 nitrogen and oxygen atoms in total. The highest BCUT2D eigenvalue weighted by Crippen LogP contribution is 2.28. The van der Waals surface area contributed by atoms with Crippen LogP contribution in [0, 0.1) is 5.82 Å². The molecule has 1 unspecified atom stereocenters. The Morgan fingerprint density at radius 1 is 1.39 bits per heavy atom. The van der Waals surface area contributed by atoms with E-state index in [1.807, 2.05) is 11.6 Å². The van der Waals surface area contributed by atoms with Gasteiger partial charge in [0.05, 0.1) is 10.7 Å². The van der Waals surface area contributed by atoms with Crippen LogP contribution in [-0.2, 0) is 0 Å². The molecule has 0 amide bonds. The van der Waals surface area contributed by atoms with Gasteiger partial charge in [0.15, 0.2) is 0 Å². The SMILES string of the molecule is O/N=C(/CCN1CCCC(c2nccs2)C1)c1ccc(F)cc1. The van der Waals surface area contributed by atoms with E-state index >= 15 is 0 Å². The first-order valence-electron chi connectivity index (χ1n) is 7.85. The highest BCUT2D eigenvalue weighted by Gasteiger charge is 2.23. The predicted octanol–water partition coefficient (Wildman–Crippen LogP) is 3.73. The summed E-state index contributed by atoms with van der Waals surface area (Å²) in [5, 5.41) is 15.9. The van der Waals surface area contributed by atoms with Gasteiger partial charge in [-0.2, -0.15) is 0 Å². The zero-order valence-corrected chi connectivity index (χ0v) is 13.7. The summed E-state index contributed by atoms with van der Waals surface area (Å²) in [6.45, 7) is 2.89. The van der Waals surface area contributed by atoms with Crippen LogP contribution in [-0.4, -0.2) is 40.4 Å². The minimum atomic E-state index is -0.284. The van der Waals surface area contributed by atoms with E-state index in [-0.39, 0.29) is 5.82 Å². The lowest BCUT2D eigenvalue weighted by molar-refractivity contribution is 0.212. The number of nitrogens with zero attached hydrogens (tertiary/aromatic N) is 3. The summed E-state index contributed by atoms with van der Waals surface area (Å²) < 4.78 is 13.0. The maximum absolute atomic E-state index is 13.0. The van der Waals surface area contributed by atoms with Crippen LogP contribution in [0.3, 0.4) is 0 Å². The molecule has 2 heterocycles. The van der Waals surface area contributed by atoms with Crippen LogP contribution in [0.15, 0.2) is 41.0 Å². The van der Waals surface area contributed by atoms with Crippen LogP contribution < -0.4 is 0 Å². The topological polar surface area (TPSA) is 48.7 Å². The quantitative estimate of drug-likeness (QED) is 0.515. The third-order valence-electron chi connectivity index (χ3n) is 4.27. The standard InChI is InChI=1S/C17H20FN3OS/c18-15-5-3-13(4-6-15)16(20-22)7-10-21-9-1-2-14(12-21)17-19-8-11-23-17/h3-6,8,11,14,22H,1-2,7,9-10,12H2/b20-16-. The van der Waals surface area contributed by atoms with Gasteiger partial charge in [-0.15, -0.1) is 11.3 Å². The lowest BCUT2D eigenvalue weighted by Crippen LogP contribution is -2.35. The van der Waals surface area contributed by atoms with E-state index in [0.29, 0.717) is 18.1 Å². The van der Waals surface area contributed by atoms with E-state index in [9.17, 15) is 9.60 Å². The molecular formula is C17H20FN3OS. The predicted molar refractivity (Wildman–Crippen MR) is 89.9 cm³/mol. The van der Waals surface area contributed by atoms with E-state index < -0.39 is 0 Å². The van der Waals surface area contributed by atoms with Crippen molar-refractivity contribution < 1.29 is 9.60 Å². The number of oxime groups is 1. The molecule has 23 heavy (non-hydrogen) atoms. The number of piperidine rings is 1. The van der Waals surface area contributed by atoms with E-state index in [0.717, 1.165) is 31.6 Å². The van der Waals surface area contributed by atoms with Crippen LogP contribution in [0.5, 0.6) is 0 Å². The summed E-state index contributed by atoms with van der Waals surface area (Å²) in [6.07, 6.45) is 4.85. The second kappa shape index (κ2) is 7.66. The van der Waals surface area contributed by atoms with E-state index in [1.54, 1.807) is 23.5 Å². The van der Waals surface area contributed by atoms with Crippen molar-refractivity contribution >= 4 is 17.0 Å². The highest BCUT2D eigenvalue weighted by molar-refractivity contribution is 7.09. The van der Waals surface area contributed by atoms with Crippen LogP contribution in [0.2, 0.25) is 0 Å². The second-order valence-electron chi connectivity index (χ2n) is 5.81. The van der Waals surface area contributed by atoms with Gasteiger partial charge in [-0.1, -0.05) is 17.3 Å². The van der Waals surface area contributed by atoms with Gasteiger partial charge in [-0.3, -0.25) is 0 Å². The molecule has 0 aliphatic carbocycles. The molecule has 6 heteroatoms. The molecule has 1 aromatic heterocycles. The molecule has 2 aromatic rings. The van der Waals surface area contributed by atoms with Crippen molar-refractivity contribution in [3.63, 3.8) is 0 Å². The Labute approximate surface area is 139 Å². The van der Waals surface area contributed by atoms with Gasteiger partial charge in [0.25, 0.3) is 0 Å². The van der Waals surface area contributed by atoms with Crippen molar-refractivity contribution in [3.8, 4) is 0 Å². The first kappa shape index (κ1) is 16.1. The fraction of sp³-hybridized carbons (Fsp3) is 0.412. The van der Waals surface area contributed by atoms with Crippen LogP contribution >= 0.6 is 11.3 Å². The van der Waals surface area contributed by atoms with Gasteiger partial charge in [0.1, 0.15) is 5.82 Å². The Morgan fingerprint density at radius 3 is 2.91 bits per heavy atom. The van der Waals surface area contributed by atoms with Crippen molar-refractivity contribution in [2.75, 3.05) is 19.6 Å². The Kier molecular flexibility index (Phi) is 5.35. The highest BCUT2D eigenvalue weighted by atomic mass is 32.1. The van der Waals surface area contributed by atoms with E-state index in [2.05, 4.69) is 15.0 Å². The van der Waals surface area contributed by atoms with Gasteiger partial charge in [-0.05, 0) is 37.1 Å².